The molecule has 1 aliphatic heterocycles. The van der Waals surface area contributed by atoms with Crippen LogP contribution in [0.3, 0.4) is 0 Å². The first-order chi connectivity index (χ1) is 9.27. The van der Waals surface area contributed by atoms with Crippen molar-refractivity contribution in [2.75, 3.05) is 39.9 Å². The molecule has 4 N–H and O–H groups in total. The molecule has 1 fully saturated rings. The molecule has 0 radical (unpaired) electrons. The van der Waals surface area contributed by atoms with Gasteiger partial charge >= 0.3 is 0 Å². The Bertz CT molecular complexity index is 259. The second kappa shape index (κ2) is 10.00. The summed E-state index contributed by atoms with van der Waals surface area (Å²) in [5, 5.41) is 3.09. The number of hydrogen-bond donors (Lipinski definition) is 3. The maximum absolute atomic E-state index is 5.41. The van der Waals surface area contributed by atoms with E-state index in [2.05, 4.69) is 27.6 Å². The lowest BCUT2D eigenvalue weighted by molar-refractivity contribution is 0.160. The molecule has 1 rings (SSSR count). The number of piperidine rings is 1. The van der Waals surface area contributed by atoms with E-state index in [1.807, 2.05) is 0 Å². The Labute approximate surface area is 116 Å². The first-order valence-electron chi connectivity index (χ1n) is 7.26. The number of hydrogen-bond acceptors (Lipinski definition) is 4. The van der Waals surface area contributed by atoms with Crippen LogP contribution in [0.5, 0.6) is 0 Å². The van der Waals surface area contributed by atoms with Gasteiger partial charge in [-0.05, 0) is 32.7 Å². The van der Waals surface area contributed by atoms with Crippen molar-refractivity contribution in [1.29, 1.82) is 0 Å². The SMILES string of the molecule is COCCNC(=NCCCN1CCCCC1C)NN. The minimum absolute atomic E-state index is 0.642. The van der Waals surface area contributed by atoms with Gasteiger partial charge in [0.05, 0.1) is 6.61 Å². The Hall–Kier alpha value is -0.850. The second-order valence-corrected chi connectivity index (χ2v) is 5.03. The average Bonchev–Trinajstić information content (AvgIpc) is 2.43. The van der Waals surface area contributed by atoms with Crippen molar-refractivity contribution in [3.8, 4) is 0 Å². The molecule has 0 spiro atoms. The number of nitrogens with one attached hydrogen (secondary N) is 2. The number of nitrogens with zero attached hydrogens (tertiary/aromatic N) is 2. The van der Waals surface area contributed by atoms with Crippen molar-refractivity contribution in [3.63, 3.8) is 0 Å². The van der Waals surface area contributed by atoms with Crippen LogP contribution in [-0.2, 0) is 4.74 Å². The van der Waals surface area contributed by atoms with Crippen LogP contribution >= 0.6 is 0 Å². The first kappa shape index (κ1) is 16.2. The normalized spacial score (nSPS) is 21.4. The number of aliphatic imine (C=N–C) groups is 1. The maximum Gasteiger partial charge on any atom is 0.205 e. The van der Waals surface area contributed by atoms with Crippen molar-refractivity contribution in [3.05, 3.63) is 0 Å². The molecule has 19 heavy (non-hydrogen) atoms. The third kappa shape index (κ3) is 6.75. The Kier molecular flexibility index (Phi) is 8.53. The number of guanidine groups is 1. The molecule has 1 aliphatic rings. The fourth-order valence-corrected chi connectivity index (χ4v) is 2.38. The summed E-state index contributed by atoms with van der Waals surface area (Å²) in [7, 11) is 1.67. The van der Waals surface area contributed by atoms with Gasteiger partial charge in [0.1, 0.15) is 0 Å². The third-order valence-electron chi connectivity index (χ3n) is 3.55. The fourth-order valence-electron chi connectivity index (χ4n) is 2.38. The highest BCUT2D eigenvalue weighted by molar-refractivity contribution is 5.79. The summed E-state index contributed by atoms with van der Waals surface area (Å²) in [6.45, 7) is 6.83. The summed E-state index contributed by atoms with van der Waals surface area (Å²) in [6, 6.07) is 0.727. The van der Waals surface area contributed by atoms with Gasteiger partial charge in [-0.25, -0.2) is 5.84 Å². The zero-order valence-corrected chi connectivity index (χ0v) is 12.3. The smallest absolute Gasteiger partial charge is 0.205 e. The van der Waals surface area contributed by atoms with Gasteiger partial charge in [0.25, 0.3) is 0 Å². The number of likely N-dealkylation sites (tertiary alicyclic amines) is 1. The average molecular weight is 271 g/mol. The van der Waals surface area contributed by atoms with E-state index in [1.54, 1.807) is 7.11 Å². The van der Waals surface area contributed by atoms with Crippen LogP contribution in [0, 0.1) is 0 Å². The van der Waals surface area contributed by atoms with Crippen LogP contribution in [0.2, 0.25) is 0 Å². The van der Waals surface area contributed by atoms with E-state index in [4.69, 9.17) is 10.6 Å². The van der Waals surface area contributed by atoms with E-state index < -0.39 is 0 Å². The molecule has 0 bridgehead atoms. The number of methoxy groups -OCH3 is 1. The lowest BCUT2D eigenvalue weighted by Gasteiger charge is -2.33. The lowest BCUT2D eigenvalue weighted by Crippen LogP contribution is -2.43. The van der Waals surface area contributed by atoms with E-state index in [9.17, 15) is 0 Å². The molecule has 0 aliphatic carbocycles. The molecule has 0 aromatic heterocycles. The molecule has 6 heteroatoms. The van der Waals surface area contributed by atoms with Gasteiger partial charge in [0.15, 0.2) is 0 Å². The number of nitrogens with two attached hydrogens (primary N) is 1. The van der Waals surface area contributed by atoms with Gasteiger partial charge in [0.2, 0.25) is 5.96 Å². The van der Waals surface area contributed by atoms with Crippen molar-refractivity contribution >= 4 is 5.96 Å². The Morgan fingerprint density at radius 3 is 3.00 bits per heavy atom. The zero-order chi connectivity index (χ0) is 13.9. The molecule has 0 amide bonds. The summed E-state index contributed by atoms with van der Waals surface area (Å²) < 4.78 is 4.96. The predicted octanol–water partition coefficient (Wildman–Crippen LogP) is 0.306. The molecule has 1 unspecified atom stereocenters. The van der Waals surface area contributed by atoms with E-state index in [1.165, 1.54) is 25.8 Å². The number of rotatable bonds is 7. The van der Waals surface area contributed by atoms with Gasteiger partial charge < -0.3 is 15.0 Å². The van der Waals surface area contributed by atoms with E-state index >= 15 is 0 Å². The number of ether oxygens (including phenoxy) is 1. The van der Waals surface area contributed by atoms with E-state index in [-0.39, 0.29) is 0 Å². The molecule has 0 saturated carbocycles. The third-order valence-corrected chi connectivity index (χ3v) is 3.55. The van der Waals surface area contributed by atoms with Crippen molar-refractivity contribution in [1.82, 2.24) is 15.6 Å². The standard InChI is InChI=1S/C13H29N5O/c1-12-6-3-4-9-18(12)10-5-7-15-13(17-14)16-8-11-19-2/h12H,3-11,14H2,1-2H3,(H2,15,16,17). The highest BCUT2D eigenvalue weighted by Crippen LogP contribution is 2.16. The first-order valence-corrected chi connectivity index (χ1v) is 7.26. The van der Waals surface area contributed by atoms with Gasteiger partial charge in [-0.3, -0.25) is 10.4 Å². The van der Waals surface area contributed by atoms with Crippen molar-refractivity contribution in [2.24, 2.45) is 10.8 Å². The molecule has 112 valence electrons. The van der Waals surface area contributed by atoms with Crippen molar-refractivity contribution in [2.45, 2.75) is 38.6 Å². The highest BCUT2D eigenvalue weighted by atomic mass is 16.5. The Morgan fingerprint density at radius 2 is 2.32 bits per heavy atom. The van der Waals surface area contributed by atoms with Gasteiger partial charge in [-0.2, -0.15) is 0 Å². The Morgan fingerprint density at radius 1 is 1.47 bits per heavy atom. The number of hydrazine groups is 1. The summed E-state index contributed by atoms with van der Waals surface area (Å²) >= 11 is 0. The minimum atomic E-state index is 0.642. The quantitative estimate of drug-likeness (QED) is 0.204. The topological polar surface area (TPSA) is 74.9 Å². The summed E-state index contributed by atoms with van der Waals surface area (Å²) in [5.74, 6) is 6.05. The summed E-state index contributed by atoms with van der Waals surface area (Å²) in [5.41, 5.74) is 2.58. The molecule has 0 aromatic rings. The monoisotopic (exact) mass is 271 g/mol. The van der Waals surface area contributed by atoms with E-state index in [0.717, 1.165) is 25.6 Å². The highest BCUT2D eigenvalue weighted by Gasteiger charge is 2.16. The second-order valence-electron chi connectivity index (χ2n) is 5.03. The molecule has 1 heterocycles. The van der Waals surface area contributed by atoms with Crippen LogP contribution in [-0.4, -0.2) is 56.8 Å². The Balaban J connectivity index is 2.15. The molecule has 6 nitrogen and oxygen atoms in total. The van der Waals surface area contributed by atoms with E-state index in [0.29, 0.717) is 19.1 Å². The van der Waals surface area contributed by atoms with Crippen LogP contribution in [0.4, 0.5) is 0 Å². The van der Waals surface area contributed by atoms with Gasteiger partial charge in [-0.1, -0.05) is 6.42 Å². The van der Waals surface area contributed by atoms with Gasteiger partial charge in [-0.15, -0.1) is 0 Å². The molecule has 1 atom stereocenters. The zero-order valence-electron chi connectivity index (χ0n) is 12.3. The minimum Gasteiger partial charge on any atom is -0.383 e. The molecule has 0 aromatic carbocycles. The largest absolute Gasteiger partial charge is 0.383 e. The van der Waals surface area contributed by atoms with Crippen molar-refractivity contribution < 1.29 is 4.74 Å². The van der Waals surface area contributed by atoms with Crippen LogP contribution in [0.1, 0.15) is 32.6 Å². The molecule has 1 saturated heterocycles. The maximum atomic E-state index is 5.41. The van der Waals surface area contributed by atoms with Crippen LogP contribution in [0.15, 0.2) is 4.99 Å². The van der Waals surface area contributed by atoms with Crippen LogP contribution < -0.4 is 16.6 Å². The van der Waals surface area contributed by atoms with Crippen LogP contribution in [0.25, 0.3) is 0 Å². The molecular formula is C13H29N5O. The molecular weight excluding hydrogens is 242 g/mol. The summed E-state index contributed by atoms with van der Waals surface area (Å²) in [6.07, 6.45) is 5.11. The lowest BCUT2D eigenvalue weighted by atomic mass is 10.0. The predicted molar refractivity (Wildman–Crippen MR) is 79.0 cm³/mol. The van der Waals surface area contributed by atoms with Gasteiger partial charge in [0, 0.05) is 32.8 Å². The fraction of sp³-hybridized carbons (Fsp3) is 0.923. The summed E-state index contributed by atoms with van der Waals surface area (Å²) in [4.78, 5) is 6.97.